The zero-order valence-corrected chi connectivity index (χ0v) is 15.7. The van der Waals surface area contributed by atoms with E-state index in [1.807, 2.05) is 24.3 Å². The SMILES string of the molecule is COC(=O)c1ccoc1CN1C(=O)NC(C)(c2ccc(C(C)C)cc2)C1=O. The maximum atomic E-state index is 13.0. The molecule has 1 atom stereocenters. The van der Waals surface area contributed by atoms with Crippen LogP contribution in [0.2, 0.25) is 0 Å². The maximum absolute atomic E-state index is 13.0. The van der Waals surface area contributed by atoms with Gasteiger partial charge in [-0.3, -0.25) is 9.69 Å². The van der Waals surface area contributed by atoms with Crippen molar-refractivity contribution in [3.8, 4) is 0 Å². The average molecular weight is 370 g/mol. The van der Waals surface area contributed by atoms with Crippen LogP contribution in [0, 0.1) is 0 Å². The van der Waals surface area contributed by atoms with Crippen molar-refractivity contribution in [1.82, 2.24) is 10.2 Å². The van der Waals surface area contributed by atoms with Crippen molar-refractivity contribution in [1.29, 1.82) is 0 Å². The number of urea groups is 1. The van der Waals surface area contributed by atoms with Crippen LogP contribution in [0.1, 0.15) is 53.9 Å². The number of furan rings is 1. The number of nitrogens with one attached hydrogen (secondary N) is 1. The number of rotatable bonds is 5. The van der Waals surface area contributed by atoms with E-state index in [9.17, 15) is 14.4 Å². The molecule has 1 aliphatic heterocycles. The lowest BCUT2D eigenvalue weighted by molar-refractivity contribution is -0.131. The number of benzene rings is 1. The van der Waals surface area contributed by atoms with Crippen LogP contribution in [0.25, 0.3) is 0 Å². The van der Waals surface area contributed by atoms with Crippen LogP contribution in [0.4, 0.5) is 4.79 Å². The molecular formula is C20H22N2O5. The number of amides is 3. The number of nitrogens with zero attached hydrogens (tertiary/aromatic N) is 1. The highest BCUT2D eigenvalue weighted by Gasteiger charge is 2.49. The predicted octanol–water partition coefficient (Wildman–Crippen LogP) is 3.16. The summed E-state index contributed by atoms with van der Waals surface area (Å²) in [7, 11) is 1.25. The topological polar surface area (TPSA) is 88.8 Å². The Bertz CT molecular complexity index is 884. The molecule has 3 amide bonds. The second-order valence-corrected chi connectivity index (χ2v) is 6.97. The van der Waals surface area contributed by atoms with Crippen molar-refractivity contribution in [2.75, 3.05) is 7.11 Å². The van der Waals surface area contributed by atoms with Gasteiger partial charge in [0, 0.05) is 0 Å². The number of hydrogen-bond acceptors (Lipinski definition) is 5. The van der Waals surface area contributed by atoms with Crippen LogP contribution >= 0.6 is 0 Å². The van der Waals surface area contributed by atoms with Crippen molar-refractivity contribution in [2.24, 2.45) is 0 Å². The zero-order valence-electron chi connectivity index (χ0n) is 15.7. The lowest BCUT2D eigenvalue weighted by Crippen LogP contribution is -2.40. The first-order valence-electron chi connectivity index (χ1n) is 8.67. The van der Waals surface area contributed by atoms with Gasteiger partial charge in [-0.25, -0.2) is 9.59 Å². The van der Waals surface area contributed by atoms with Gasteiger partial charge in [0.2, 0.25) is 0 Å². The van der Waals surface area contributed by atoms with E-state index in [0.717, 1.165) is 10.5 Å². The standard InChI is InChI=1S/C20H22N2O5/c1-12(2)13-5-7-14(8-6-13)20(3)18(24)22(19(25)21-20)11-16-15(9-10-27-16)17(23)26-4/h5-10,12H,11H2,1-4H3,(H,21,25). The Hall–Kier alpha value is -3.09. The Kier molecular flexibility index (Phi) is 4.78. The third-order valence-corrected chi connectivity index (χ3v) is 4.88. The molecule has 0 spiro atoms. The molecule has 0 saturated carbocycles. The molecule has 1 fully saturated rings. The second-order valence-electron chi connectivity index (χ2n) is 6.97. The fourth-order valence-electron chi connectivity index (χ4n) is 3.14. The first-order chi connectivity index (χ1) is 12.8. The molecule has 0 radical (unpaired) electrons. The summed E-state index contributed by atoms with van der Waals surface area (Å²) in [6, 6.07) is 8.52. The highest BCUT2D eigenvalue weighted by Crippen LogP contribution is 2.31. The number of methoxy groups -OCH3 is 1. The van der Waals surface area contributed by atoms with E-state index in [-0.39, 0.29) is 17.9 Å². The summed E-state index contributed by atoms with van der Waals surface area (Å²) in [5, 5.41) is 2.75. The molecule has 1 N–H and O–H groups in total. The van der Waals surface area contributed by atoms with Crippen LogP contribution in [0.15, 0.2) is 41.0 Å². The number of ether oxygens (including phenoxy) is 1. The first-order valence-corrected chi connectivity index (χ1v) is 8.67. The summed E-state index contributed by atoms with van der Waals surface area (Å²) in [6.07, 6.45) is 1.32. The zero-order chi connectivity index (χ0) is 19.8. The van der Waals surface area contributed by atoms with Crippen molar-refractivity contribution in [2.45, 2.75) is 38.8 Å². The Morgan fingerprint density at radius 2 is 1.89 bits per heavy atom. The average Bonchev–Trinajstić information content (AvgIpc) is 3.20. The van der Waals surface area contributed by atoms with Crippen molar-refractivity contribution in [3.63, 3.8) is 0 Å². The highest BCUT2D eigenvalue weighted by atomic mass is 16.5. The monoisotopic (exact) mass is 370 g/mol. The molecule has 0 aliphatic carbocycles. The minimum absolute atomic E-state index is 0.151. The summed E-state index contributed by atoms with van der Waals surface area (Å²) >= 11 is 0. The molecule has 1 saturated heterocycles. The van der Waals surface area contributed by atoms with Gasteiger partial charge < -0.3 is 14.5 Å². The molecule has 142 valence electrons. The maximum Gasteiger partial charge on any atom is 0.341 e. The number of hydrogen-bond donors (Lipinski definition) is 1. The van der Waals surface area contributed by atoms with Crippen LogP contribution in [0.5, 0.6) is 0 Å². The molecule has 1 aromatic heterocycles. The summed E-state index contributed by atoms with van der Waals surface area (Å²) in [5.74, 6) is -0.424. The smallest absolute Gasteiger partial charge is 0.341 e. The molecule has 1 aromatic carbocycles. The van der Waals surface area contributed by atoms with E-state index in [4.69, 9.17) is 9.15 Å². The minimum Gasteiger partial charge on any atom is -0.467 e. The summed E-state index contributed by atoms with van der Waals surface area (Å²) in [5.41, 5.74) is 0.854. The molecule has 7 heteroatoms. The number of imide groups is 1. The number of carbonyl (C=O) groups is 3. The largest absolute Gasteiger partial charge is 0.467 e. The summed E-state index contributed by atoms with van der Waals surface area (Å²) in [4.78, 5) is 38.3. The van der Waals surface area contributed by atoms with E-state index in [1.165, 1.54) is 19.4 Å². The van der Waals surface area contributed by atoms with Gasteiger partial charge in [0.15, 0.2) is 0 Å². The predicted molar refractivity (Wildman–Crippen MR) is 97.0 cm³/mol. The van der Waals surface area contributed by atoms with Gasteiger partial charge in [0.05, 0.1) is 19.9 Å². The van der Waals surface area contributed by atoms with Gasteiger partial charge in [-0.1, -0.05) is 38.1 Å². The first kappa shape index (κ1) is 18.7. The van der Waals surface area contributed by atoms with E-state index in [2.05, 4.69) is 19.2 Å². The van der Waals surface area contributed by atoms with E-state index in [0.29, 0.717) is 11.5 Å². The van der Waals surface area contributed by atoms with Gasteiger partial charge >= 0.3 is 12.0 Å². The molecular weight excluding hydrogens is 348 g/mol. The number of esters is 1. The summed E-state index contributed by atoms with van der Waals surface area (Å²) in [6.45, 7) is 5.69. The van der Waals surface area contributed by atoms with Crippen LogP contribution < -0.4 is 5.32 Å². The van der Waals surface area contributed by atoms with Crippen molar-refractivity contribution < 1.29 is 23.5 Å². The molecule has 2 heterocycles. The van der Waals surface area contributed by atoms with Crippen LogP contribution in [-0.2, 0) is 21.6 Å². The quantitative estimate of drug-likeness (QED) is 0.645. The minimum atomic E-state index is -1.18. The van der Waals surface area contributed by atoms with Crippen LogP contribution in [0.3, 0.4) is 0 Å². The molecule has 1 unspecified atom stereocenters. The van der Waals surface area contributed by atoms with E-state index in [1.54, 1.807) is 6.92 Å². The fraction of sp³-hybridized carbons (Fsp3) is 0.350. The van der Waals surface area contributed by atoms with Gasteiger partial charge in [0.25, 0.3) is 5.91 Å². The van der Waals surface area contributed by atoms with Crippen molar-refractivity contribution >= 4 is 17.9 Å². The summed E-state index contributed by atoms with van der Waals surface area (Å²) < 4.78 is 9.98. The molecule has 0 bridgehead atoms. The van der Waals surface area contributed by atoms with E-state index >= 15 is 0 Å². The molecule has 1 aliphatic rings. The normalized spacial score (nSPS) is 19.5. The van der Waals surface area contributed by atoms with Crippen molar-refractivity contribution in [3.05, 3.63) is 59.0 Å². The molecule has 3 rings (SSSR count). The van der Waals surface area contributed by atoms with Gasteiger partial charge in [-0.05, 0) is 30.0 Å². The lowest BCUT2D eigenvalue weighted by Gasteiger charge is -2.22. The number of carbonyl (C=O) groups excluding carboxylic acids is 3. The molecule has 2 aromatic rings. The Balaban J connectivity index is 1.86. The third kappa shape index (κ3) is 3.20. The Labute approximate surface area is 157 Å². The second kappa shape index (κ2) is 6.90. The Morgan fingerprint density at radius 3 is 2.48 bits per heavy atom. The fourth-order valence-corrected chi connectivity index (χ4v) is 3.14. The third-order valence-electron chi connectivity index (χ3n) is 4.88. The molecule has 7 nitrogen and oxygen atoms in total. The highest BCUT2D eigenvalue weighted by molar-refractivity contribution is 6.07. The Morgan fingerprint density at radius 1 is 1.22 bits per heavy atom. The van der Waals surface area contributed by atoms with Crippen LogP contribution in [-0.4, -0.2) is 29.9 Å². The van der Waals surface area contributed by atoms with E-state index < -0.39 is 23.4 Å². The van der Waals surface area contributed by atoms with Gasteiger partial charge in [-0.2, -0.15) is 0 Å². The molecule has 27 heavy (non-hydrogen) atoms. The van der Waals surface area contributed by atoms with Gasteiger partial charge in [-0.15, -0.1) is 0 Å². The van der Waals surface area contributed by atoms with Gasteiger partial charge in [0.1, 0.15) is 16.9 Å². The lowest BCUT2D eigenvalue weighted by atomic mass is 9.90.